The van der Waals surface area contributed by atoms with Crippen molar-refractivity contribution >= 4 is 27.9 Å². The van der Waals surface area contributed by atoms with Crippen LogP contribution < -0.4 is 10.5 Å². The van der Waals surface area contributed by atoms with Crippen LogP contribution in [0.4, 0.5) is 4.79 Å². The van der Waals surface area contributed by atoms with Crippen LogP contribution in [-0.4, -0.2) is 61.3 Å². The highest BCUT2D eigenvalue weighted by Gasteiger charge is 2.42. The monoisotopic (exact) mass is 431 g/mol. The molecule has 0 spiro atoms. The average molecular weight is 432 g/mol. The fourth-order valence-corrected chi connectivity index (χ4v) is 4.59. The highest BCUT2D eigenvalue weighted by molar-refractivity contribution is 7.90. The number of aliphatic hydroxyl groups is 1. The number of carbonyl (C=O) groups excluding carboxylic acids is 3. The minimum Gasteiger partial charge on any atom is -0.418 e. The zero-order valence-corrected chi connectivity index (χ0v) is 17.3. The lowest BCUT2D eigenvalue weighted by atomic mass is 9.94. The van der Waals surface area contributed by atoms with E-state index >= 15 is 0 Å². The second kappa shape index (κ2) is 10.1. The molecule has 2 saturated carbocycles. The molecule has 11 heteroatoms. The van der Waals surface area contributed by atoms with Gasteiger partial charge in [0.2, 0.25) is 21.8 Å². The molecule has 4 N–H and O–H groups in total. The highest BCUT2D eigenvalue weighted by Crippen LogP contribution is 2.33. The van der Waals surface area contributed by atoms with Crippen molar-refractivity contribution < 1.29 is 32.6 Å². The quantitative estimate of drug-likeness (QED) is 0.330. The Bertz CT molecular complexity index is 749. The van der Waals surface area contributed by atoms with Gasteiger partial charge in [-0.25, -0.2) is 17.9 Å². The van der Waals surface area contributed by atoms with E-state index in [1.807, 2.05) is 4.72 Å². The van der Waals surface area contributed by atoms with E-state index in [1.54, 1.807) is 13.1 Å². The summed E-state index contributed by atoms with van der Waals surface area (Å²) >= 11 is 0. The Kier molecular flexibility index (Phi) is 8.03. The molecule has 0 aliphatic heterocycles. The first-order valence-corrected chi connectivity index (χ1v) is 11.3. The summed E-state index contributed by atoms with van der Waals surface area (Å²) in [6.45, 7) is 0.478. The van der Waals surface area contributed by atoms with E-state index in [4.69, 9.17) is 10.5 Å². The van der Waals surface area contributed by atoms with Crippen LogP contribution >= 0.6 is 0 Å². The first-order chi connectivity index (χ1) is 13.6. The third kappa shape index (κ3) is 7.00. The van der Waals surface area contributed by atoms with Crippen molar-refractivity contribution in [3.8, 4) is 0 Å². The predicted molar refractivity (Wildman–Crippen MR) is 104 cm³/mol. The van der Waals surface area contributed by atoms with E-state index in [-0.39, 0.29) is 18.7 Å². The van der Waals surface area contributed by atoms with Gasteiger partial charge in [0, 0.05) is 13.6 Å². The molecular formula is C18H29N3O7S. The third-order valence-corrected chi connectivity index (χ3v) is 6.97. The molecule has 2 rings (SSSR count). The number of primary amides is 1. The summed E-state index contributed by atoms with van der Waals surface area (Å²) in [5.41, 5.74) is 5.33. The Balaban J connectivity index is 1.62. The summed E-state index contributed by atoms with van der Waals surface area (Å²) in [7, 11) is -1.97. The van der Waals surface area contributed by atoms with Gasteiger partial charge < -0.3 is 20.5 Å². The van der Waals surface area contributed by atoms with Crippen molar-refractivity contribution in [2.75, 3.05) is 13.6 Å². The third-order valence-electron chi connectivity index (χ3n) is 5.17. The number of aliphatic hydroxyl groups excluding tert-OH is 1. The lowest BCUT2D eigenvalue weighted by Crippen LogP contribution is -2.39. The van der Waals surface area contributed by atoms with E-state index in [0.29, 0.717) is 38.6 Å². The van der Waals surface area contributed by atoms with Crippen molar-refractivity contribution in [1.82, 2.24) is 9.62 Å². The van der Waals surface area contributed by atoms with Gasteiger partial charge >= 0.3 is 6.09 Å². The van der Waals surface area contributed by atoms with Crippen LogP contribution in [0.1, 0.15) is 44.9 Å². The number of nitrogens with one attached hydrogen (secondary N) is 1. The van der Waals surface area contributed by atoms with Crippen LogP contribution in [0.3, 0.4) is 0 Å². The Morgan fingerprint density at radius 2 is 1.86 bits per heavy atom. The second-order valence-electron chi connectivity index (χ2n) is 7.62. The molecule has 10 nitrogen and oxygen atoms in total. The first-order valence-electron chi connectivity index (χ1n) is 9.71. The number of unbranched alkanes of at least 4 members (excludes halogenated alkanes) is 2. The van der Waals surface area contributed by atoms with Gasteiger partial charge in [0.1, 0.15) is 0 Å². The first kappa shape index (κ1) is 23.1. The number of hydrogen-bond acceptors (Lipinski definition) is 7. The molecule has 29 heavy (non-hydrogen) atoms. The van der Waals surface area contributed by atoms with E-state index in [2.05, 4.69) is 0 Å². The predicted octanol–water partition coefficient (Wildman–Crippen LogP) is 0.220. The Labute approximate surface area is 170 Å². The average Bonchev–Trinajstić information content (AvgIpc) is 3.42. The molecule has 0 aromatic carbocycles. The van der Waals surface area contributed by atoms with Gasteiger partial charge in [-0.1, -0.05) is 0 Å². The normalized spacial score (nSPS) is 24.4. The summed E-state index contributed by atoms with van der Waals surface area (Å²) in [5.74, 6) is -1.97. The van der Waals surface area contributed by atoms with Crippen LogP contribution in [0, 0.1) is 11.8 Å². The van der Waals surface area contributed by atoms with Gasteiger partial charge in [0.25, 0.3) is 0 Å². The minimum atomic E-state index is -3.62. The van der Waals surface area contributed by atoms with E-state index in [0.717, 1.165) is 6.26 Å². The molecule has 164 valence electrons. The fraction of sp³-hybridized carbons (Fsp3) is 0.722. The SMILES string of the molecule is CN(CCCC/C=C\OC(=O)NS(=O)(=O)C1CC1)C(=O)[C@@H]1C[C@H](O)CC1C(N)=O. The number of amides is 3. The fourth-order valence-electron chi connectivity index (χ4n) is 3.38. The molecule has 0 bridgehead atoms. The highest BCUT2D eigenvalue weighted by atomic mass is 32.2. The van der Waals surface area contributed by atoms with E-state index in [1.165, 1.54) is 4.90 Å². The van der Waals surface area contributed by atoms with Crippen LogP contribution in [0.15, 0.2) is 12.3 Å². The molecule has 2 aliphatic carbocycles. The second-order valence-corrected chi connectivity index (χ2v) is 9.58. The molecule has 1 unspecified atom stereocenters. The van der Waals surface area contributed by atoms with Crippen molar-refractivity contribution in [3.05, 3.63) is 12.3 Å². The maximum atomic E-state index is 12.5. The molecular weight excluding hydrogens is 402 g/mol. The molecule has 0 heterocycles. The number of sulfonamides is 1. The lowest BCUT2D eigenvalue weighted by Gasteiger charge is -2.23. The van der Waals surface area contributed by atoms with Gasteiger partial charge in [0.05, 0.1) is 29.5 Å². The van der Waals surface area contributed by atoms with Crippen molar-refractivity contribution in [2.45, 2.75) is 56.3 Å². The molecule has 3 atom stereocenters. The van der Waals surface area contributed by atoms with Crippen molar-refractivity contribution in [3.63, 3.8) is 0 Å². The number of hydrogen-bond donors (Lipinski definition) is 3. The van der Waals surface area contributed by atoms with E-state index < -0.39 is 45.2 Å². The molecule has 0 aromatic rings. The van der Waals surface area contributed by atoms with Crippen LogP contribution in [0.2, 0.25) is 0 Å². The number of allylic oxidation sites excluding steroid dienone is 1. The van der Waals surface area contributed by atoms with Crippen molar-refractivity contribution in [1.29, 1.82) is 0 Å². The zero-order chi connectivity index (χ0) is 21.6. The number of carbonyl (C=O) groups is 3. The van der Waals surface area contributed by atoms with Crippen LogP contribution in [0.25, 0.3) is 0 Å². The molecule has 2 fully saturated rings. The molecule has 3 amide bonds. The van der Waals surface area contributed by atoms with Gasteiger partial charge in [-0.15, -0.1) is 0 Å². The number of nitrogens with two attached hydrogens (primary N) is 1. The minimum absolute atomic E-state index is 0.197. The standard InChI is InChI=1S/C18H29N3O7S/c1-21(17(24)15-11-12(22)10-14(15)16(19)23)8-4-2-3-5-9-28-18(25)20-29(26,27)13-6-7-13/h5,9,12-15,22H,2-4,6-8,10-11H2,1H3,(H2,19,23)(H,20,25)/b9-5-/t12-,14?,15-/m1/s1. The number of ether oxygens (including phenoxy) is 1. The zero-order valence-electron chi connectivity index (χ0n) is 16.5. The van der Waals surface area contributed by atoms with Crippen molar-refractivity contribution in [2.24, 2.45) is 17.6 Å². The molecule has 2 aliphatic rings. The summed E-state index contributed by atoms with van der Waals surface area (Å²) in [6, 6.07) is 0. The van der Waals surface area contributed by atoms with Gasteiger partial charge in [0.15, 0.2) is 0 Å². The maximum absolute atomic E-state index is 12.5. The van der Waals surface area contributed by atoms with Gasteiger partial charge in [-0.2, -0.15) is 0 Å². The van der Waals surface area contributed by atoms with Gasteiger partial charge in [-0.05, 0) is 51.0 Å². The smallest absolute Gasteiger partial charge is 0.418 e. The molecule has 0 aromatic heterocycles. The summed E-state index contributed by atoms with van der Waals surface area (Å²) in [5, 5.41) is 9.22. The lowest BCUT2D eigenvalue weighted by molar-refractivity contribution is -0.139. The Hall–Kier alpha value is -2.14. The molecule has 0 radical (unpaired) electrons. The summed E-state index contributed by atoms with van der Waals surface area (Å²) < 4.78 is 29.7. The topological polar surface area (TPSA) is 156 Å². The summed E-state index contributed by atoms with van der Waals surface area (Å²) in [6.07, 6.45) is 4.59. The van der Waals surface area contributed by atoms with Crippen LogP contribution in [-0.2, 0) is 24.3 Å². The Morgan fingerprint density at radius 1 is 1.21 bits per heavy atom. The van der Waals surface area contributed by atoms with Gasteiger partial charge in [-0.3, -0.25) is 9.59 Å². The largest absolute Gasteiger partial charge is 0.425 e. The maximum Gasteiger partial charge on any atom is 0.425 e. The molecule has 0 saturated heterocycles. The van der Waals surface area contributed by atoms with E-state index in [9.17, 15) is 27.9 Å². The van der Waals surface area contributed by atoms with Crippen LogP contribution in [0.5, 0.6) is 0 Å². The Morgan fingerprint density at radius 3 is 2.48 bits per heavy atom. The number of nitrogens with zero attached hydrogens (tertiary/aromatic N) is 1. The summed E-state index contributed by atoms with van der Waals surface area (Å²) in [4.78, 5) is 36.9. The number of rotatable bonds is 10.